The molecule has 0 bridgehead atoms. The van der Waals surface area contributed by atoms with Gasteiger partial charge in [0.05, 0.1) is 0 Å². The molecule has 0 aromatic heterocycles. The Morgan fingerprint density at radius 3 is 3.00 bits per heavy atom. The number of anilines is 1. The molecule has 0 amide bonds. The van der Waals surface area contributed by atoms with Crippen molar-refractivity contribution in [3.63, 3.8) is 0 Å². The van der Waals surface area contributed by atoms with E-state index < -0.39 is 0 Å². The zero-order valence-corrected chi connectivity index (χ0v) is 9.45. The lowest BCUT2D eigenvalue weighted by atomic mass is 9.97. The van der Waals surface area contributed by atoms with Gasteiger partial charge in [-0.15, -0.1) is 0 Å². The molecule has 1 aromatic carbocycles. The Morgan fingerprint density at radius 2 is 2.25 bits per heavy atom. The van der Waals surface area contributed by atoms with E-state index in [9.17, 15) is 5.11 Å². The molecule has 1 fully saturated rings. The summed E-state index contributed by atoms with van der Waals surface area (Å²) < 4.78 is 0. The second-order valence-electron chi connectivity index (χ2n) is 4.88. The maximum absolute atomic E-state index is 9.41. The molecule has 16 heavy (non-hydrogen) atoms. The molecule has 3 rings (SSSR count). The number of aromatic hydroxyl groups is 1. The maximum Gasteiger partial charge on any atom is 0.116 e. The fourth-order valence-electron chi connectivity index (χ4n) is 2.56. The average Bonchev–Trinajstić information content (AvgIpc) is 2.23. The van der Waals surface area contributed by atoms with Crippen LogP contribution >= 0.6 is 0 Å². The van der Waals surface area contributed by atoms with E-state index in [1.807, 2.05) is 12.1 Å². The van der Waals surface area contributed by atoms with Crippen LogP contribution < -0.4 is 5.32 Å². The molecule has 1 unspecified atom stereocenters. The van der Waals surface area contributed by atoms with Crippen LogP contribution in [-0.4, -0.2) is 35.7 Å². The zero-order chi connectivity index (χ0) is 11.0. The summed E-state index contributed by atoms with van der Waals surface area (Å²) in [5.41, 5.74) is 2.45. The summed E-state index contributed by atoms with van der Waals surface area (Å²) in [5.74, 6) is 0.377. The number of benzene rings is 1. The van der Waals surface area contributed by atoms with Gasteiger partial charge in [0.25, 0.3) is 0 Å². The standard InChI is InChI=1S/C13H18N2O/c16-12-4-5-13-10(8-12)2-3-11(14-13)9-15-6-1-7-15/h4-5,8,11,14,16H,1-3,6-7,9H2. The summed E-state index contributed by atoms with van der Waals surface area (Å²) in [6, 6.07) is 6.21. The lowest BCUT2D eigenvalue weighted by Crippen LogP contribution is -2.45. The number of phenols is 1. The van der Waals surface area contributed by atoms with Gasteiger partial charge in [-0.05, 0) is 56.1 Å². The van der Waals surface area contributed by atoms with Gasteiger partial charge in [0.15, 0.2) is 0 Å². The Hall–Kier alpha value is -1.22. The molecule has 2 N–H and O–H groups in total. The third-order valence-corrected chi connectivity index (χ3v) is 3.64. The van der Waals surface area contributed by atoms with Crippen molar-refractivity contribution < 1.29 is 5.11 Å². The van der Waals surface area contributed by atoms with Crippen LogP contribution in [0, 0.1) is 0 Å². The smallest absolute Gasteiger partial charge is 0.116 e. The first-order valence-corrected chi connectivity index (χ1v) is 6.12. The van der Waals surface area contributed by atoms with Crippen molar-refractivity contribution in [3.8, 4) is 5.75 Å². The summed E-state index contributed by atoms with van der Waals surface area (Å²) >= 11 is 0. The molecular weight excluding hydrogens is 200 g/mol. The normalized spacial score (nSPS) is 24.4. The summed E-state index contributed by atoms with van der Waals surface area (Å²) in [7, 11) is 0. The number of aryl methyl sites for hydroxylation is 1. The average molecular weight is 218 g/mol. The van der Waals surface area contributed by atoms with E-state index in [2.05, 4.69) is 10.2 Å². The first kappa shape index (κ1) is 9.97. The Kier molecular flexibility index (Phi) is 2.48. The van der Waals surface area contributed by atoms with E-state index in [0.717, 1.165) is 6.42 Å². The monoisotopic (exact) mass is 218 g/mol. The first-order chi connectivity index (χ1) is 7.81. The van der Waals surface area contributed by atoms with Crippen molar-refractivity contribution in [2.75, 3.05) is 25.0 Å². The number of fused-ring (bicyclic) bond motifs is 1. The number of hydrogen-bond acceptors (Lipinski definition) is 3. The molecule has 2 aliphatic heterocycles. The van der Waals surface area contributed by atoms with Gasteiger partial charge < -0.3 is 15.3 Å². The van der Waals surface area contributed by atoms with E-state index in [1.54, 1.807) is 6.07 Å². The van der Waals surface area contributed by atoms with E-state index in [1.165, 1.54) is 43.7 Å². The Bertz CT molecular complexity index is 388. The summed E-state index contributed by atoms with van der Waals surface area (Å²) in [6.07, 6.45) is 3.61. The van der Waals surface area contributed by atoms with Crippen molar-refractivity contribution in [3.05, 3.63) is 23.8 Å². The number of hydrogen-bond donors (Lipinski definition) is 2. The van der Waals surface area contributed by atoms with Crippen LogP contribution in [0.4, 0.5) is 5.69 Å². The van der Waals surface area contributed by atoms with Crippen LogP contribution in [0.5, 0.6) is 5.75 Å². The fraction of sp³-hybridized carbons (Fsp3) is 0.538. The van der Waals surface area contributed by atoms with Gasteiger partial charge in [-0.1, -0.05) is 0 Å². The van der Waals surface area contributed by atoms with Gasteiger partial charge in [-0.3, -0.25) is 0 Å². The number of rotatable bonds is 2. The Morgan fingerprint density at radius 1 is 1.38 bits per heavy atom. The van der Waals surface area contributed by atoms with Crippen molar-refractivity contribution in [1.82, 2.24) is 4.90 Å². The van der Waals surface area contributed by atoms with Gasteiger partial charge >= 0.3 is 0 Å². The molecule has 1 aromatic rings. The highest BCUT2D eigenvalue weighted by Gasteiger charge is 2.22. The molecule has 3 heteroatoms. The summed E-state index contributed by atoms with van der Waals surface area (Å²) in [4.78, 5) is 2.50. The predicted molar refractivity (Wildman–Crippen MR) is 64.9 cm³/mol. The van der Waals surface area contributed by atoms with Crippen LogP contribution in [0.2, 0.25) is 0 Å². The molecule has 3 nitrogen and oxygen atoms in total. The highest BCUT2D eigenvalue weighted by molar-refractivity contribution is 5.56. The first-order valence-electron chi connectivity index (χ1n) is 6.12. The van der Waals surface area contributed by atoms with Gasteiger partial charge in [0.2, 0.25) is 0 Å². The summed E-state index contributed by atoms with van der Waals surface area (Å²) in [6.45, 7) is 3.70. The minimum absolute atomic E-state index is 0.377. The zero-order valence-electron chi connectivity index (χ0n) is 9.45. The lowest BCUT2D eigenvalue weighted by molar-refractivity contribution is 0.171. The summed E-state index contributed by atoms with van der Waals surface area (Å²) in [5, 5.41) is 13.0. The predicted octanol–water partition coefficient (Wildman–Crippen LogP) is 1.82. The Balaban J connectivity index is 1.68. The van der Waals surface area contributed by atoms with Crippen LogP contribution in [0.1, 0.15) is 18.4 Å². The number of likely N-dealkylation sites (tertiary alicyclic amines) is 1. The molecule has 0 saturated carbocycles. The molecule has 2 heterocycles. The van der Waals surface area contributed by atoms with E-state index in [0.29, 0.717) is 11.8 Å². The minimum Gasteiger partial charge on any atom is -0.508 e. The van der Waals surface area contributed by atoms with Crippen molar-refractivity contribution >= 4 is 5.69 Å². The highest BCUT2D eigenvalue weighted by Crippen LogP contribution is 2.28. The lowest BCUT2D eigenvalue weighted by Gasteiger charge is -2.36. The second-order valence-corrected chi connectivity index (χ2v) is 4.88. The van der Waals surface area contributed by atoms with Crippen molar-refractivity contribution in [2.24, 2.45) is 0 Å². The van der Waals surface area contributed by atoms with Crippen molar-refractivity contribution in [1.29, 1.82) is 0 Å². The highest BCUT2D eigenvalue weighted by atomic mass is 16.3. The molecule has 0 radical (unpaired) electrons. The SMILES string of the molecule is Oc1ccc2c(c1)CCC(CN1CCC1)N2. The number of phenolic OH excluding ortho intramolecular Hbond substituents is 1. The minimum atomic E-state index is 0.377. The second kappa shape index (κ2) is 3.98. The molecule has 1 atom stereocenters. The molecular formula is C13H18N2O. The molecule has 0 aliphatic carbocycles. The maximum atomic E-state index is 9.41. The van der Waals surface area contributed by atoms with Crippen molar-refractivity contribution in [2.45, 2.75) is 25.3 Å². The van der Waals surface area contributed by atoms with Gasteiger partial charge in [0, 0.05) is 18.3 Å². The van der Waals surface area contributed by atoms with E-state index in [-0.39, 0.29) is 0 Å². The number of nitrogens with zero attached hydrogens (tertiary/aromatic N) is 1. The van der Waals surface area contributed by atoms with Crippen LogP contribution in [0.3, 0.4) is 0 Å². The van der Waals surface area contributed by atoms with Crippen LogP contribution in [0.25, 0.3) is 0 Å². The molecule has 1 saturated heterocycles. The fourth-order valence-corrected chi connectivity index (χ4v) is 2.56. The quantitative estimate of drug-likeness (QED) is 0.743. The van der Waals surface area contributed by atoms with Gasteiger partial charge in [0.1, 0.15) is 5.75 Å². The topological polar surface area (TPSA) is 35.5 Å². The van der Waals surface area contributed by atoms with Crippen LogP contribution in [-0.2, 0) is 6.42 Å². The molecule has 0 spiro atoms. The Labute approximate surface area is 96.1 Å². The third kappa shape index (κ3) is 1.87. The van der Waals surface area contributed by atoms with E-state index >= 15 is 0 Å². The largest absolute Gasteiger partial charge is 0.508 e. The van der Waals surface area contributed by atoms with Gasteiger partial charge in [-0.25, -0.2) is 0 Å². The number of nitrogens with one attached hydrogen (secondary N) is 1. The van der Waals surface area contributed by atoms with Crippen LogP contribution in [0.15, 0.2) is 18.2 Å². The molecule has 86 valence electrons. The van der Waals surface area contributed by atoms with Gasteiger partial charge in [-0.2, -0.15) is 0 Å². The molecule has 2 aliphatic rings. The third-order valence-electron chi connectivity index (χ3n) is 3.64. The van der Waals surface area contributed by atoms with E-state index in [4.69, 9.17) is 0 Å².